The molecule has 19 heavy (non-hydrogen) atoms. The molecule has 0 aliphatic carbocycles. The molecular formula is C13H20NO4P. The molecular weight excluding hydrogens is 265 g/mol. The molecule has 1 amide bonds. The van der Waals surface area contributed by atoms with Crippen LogP contribution in [0.3, 0.4) is 0 Å². The van der Waals surface area contributed by atoms with Gasteiger partial charge in [0, 0.05) is 19.6 Å². The molecule has 1 aromatic carbocycles. The van der Waals surface area contributed by atoms with Crippen LogP contribution < -0.4 is 0 Å². The zero-order valence-corrected chi connectivity index (χ0v) is 12.0. The van der Waals surface area contributed by atoms with Crippen LogP contribution >= 0.6 is 8.03 Å². The molecule has 0 radical (unpaired) electrons. The predicted octanol–water partition coefficient (Wildman–Crippen LogP) is 1.87. The molecule has 0 fully saturated rings. The van der Waals surface area contributed by atoms with Crippen molar-refractivity contribution in [3.8, 4) is 0 Å². The molecule has 1 unspecified atom stereocenters. The summed E-state index contributed by atoms with van der Waals surface area (Å²) >= 11 is 0. The summed E-state index contributed by atoms with van der Waals surface area (Å²) in [7, 11) is -2.46. The summed E-state index contributed by atoms with van der Waals surface area (Å²) in [6, 6.07) is 9.86. The predicted molar refractivity (Wildman–Crippen MR) is 74.2 cm³/mol. The maximum absolute atomic E-state index is 11.3. The van der Waals surface area contributed by atoms with Crippen LogP contribution in [0.25, 0.3) is 0 Å². The van der Waals surface area contributed by atoms with Crippen LogP contribution in [-0.4, -0.2) is 35.2 Å². The van der Waals surface area contributed by atoms with Crippen LogP contribution in [0.5, 0.6) is 0 Å². The van der Waals surface area contributed by atoms with Gasteiger partial charge in [-0.2, -0.15) is 0 Å². The van der Waals surface area contributed by atoms with Crippen molar-refractivity contribution in [2.45, 2.75) is 19.8 Å². The fourth-order valence-electron chi connectivity index (χ4n) is 1.61. The van der Waals surface area contributed by atoms with Gasteiger partial charge in [-0.25, -0.2) is 5.06 Å². The third kappa shape index (κ3) is 7.11. The fourth-order valence-corrected chi connectivity index (χ4v) is 2.07. The van der Waals surface area contributed by atoms with E-state index in [4.69, 9.17) is 9.73 Å². The fraction of sp³-hybridized carbons (Fsp3) is 0.462. The van der Waals surface area contributed by atoms with Gasteiger partial charge < -0.3 is 4.89 Å². The Balaban J connectivity index is 2.29. The maximum atomic E-state index is 11.3. The molecule has 1 aromatic rings. The third-order valence-corrected chi connectivity index (χ3v) is 3.37. The van der Waals surface area contributed by atoms with Crippen LogP contribution in [0.15, 0.2) is 30.3 Å². The molecule has 1 rings (SSSR count). The summed E-state index contributed by atoms with van der Waals surface area (Å²) in [5.41, 5.74) is 1.14. The minimum Gasteiger partial charge on any atom is -0.346 e. The number of hydrogen-bond donors (Lipinski definition) is 1. The number of carbonyl (C=O) groups excluding carboxylic acids is 1. The van der Waals surface area contributed by atoms with Crippen molar-refractivity contribution in [1.29, 1.82) is 0 Å². The molecule has 6 heteroatoms. The minimum absolute atomic E-state index is 0.189. The molecule has 1 atom stereocenters. The first-order valence-corrected chi connectivity index (χ1v) is 7.82. The van der Waals surface area contributed by atoms with Gasteiger partial charge in [0.25, 0.3) is 0 Å². The Morgan fingerprint density at radius 1 is 1.37 bits per heavy atom. The summed E-state index contributed by atoms with van der Waals surface area (Å²) in [5.74, 6) is -0.189. The molecule has 0 spiro atoms. The van der Waals surface area contributed by atoms with Crippen LogP contribution in [-0.2, 0) is 20.6 Å². The van der Waals surface area contributed by atoms with Crippen LogP contribution in [0.2, 0.25) is 0 Å². The molecule has 0 heterocycles. The molecule has 0 aliphatic rings. The van der Waals surface area contributed by atoms with Gasteiger partial charge in [0.2, 0.25) is 5.91 Å². The Kier molecular flexibility index (Phi) is 7.41. The van der Waals surface area contributed by atoms with E-state index < -0.39 is 8.03 Å². The summed E-state index contributed by atoms with van der Waals surface area (Å²) in [6.07, 6.45) is 1.41. The average Bonchev–Trinajstić information content (AvgIpc) is 2.37. The molecule has 0 saturated heterocycles. The van der Waals surface area contributed by atoms with Gasteiger partial charge in [0.05, 0.1) is 6.61 Å². The summed E-state index contributed by atoms with van der Waals surface area (Å²) in [6.45, 7) is 2.18. The van der Waals surface area contributed by atoms with Crippen molar-refractivity contribution < 1.29 is 19.1 Å². The molecule has 0 bridgehead atoms. The lowest BCUT2D eigenvalue weighted by Gasteiger charge is -2.20. The number of amides is 1. The van der Waals surface area contributed by atoms with E-state index in [2.05, 4.69) is 0 Å². The normalized spacial score (nSPS) is 12.1. The number of rotatable bonds is 8. The molecule has 0 aromatic heterocycles. The lowest BCUT2D eigenvalue weighted by Crippen LogP contribution is -2.31. The summed E-state index contributed by atoms with van der Waals surface area (Å²) in [5, 5.41) is 1.26. The first kappa shape index (κ1) is 15.9. The standard InChI is InChI=1S/C13H20NO4P/c1-12(15)14(9-5-11-19(16)17)18-10-8-13-6-3-2-4-7-13/h2-4,6-7,19H,5,8-11H2,1H3,(H,16,17). The van der Waals surface area contributed by atoms with E-state index >= 15 is 0 Å². The van der Waals surface area contributed by atoms with E-state index in [9.17, 15) is 9.36 Å². The highest BCUT2D eigenvalue weighted by Crippen LogP contribution is 2.14. The average molecular weight is 285 g/mol. The number of benzene rings is 1. The van der Waals surface area contributed by atoms with E-state index in [-0.39, 0.29) is 12.1 Å². The Hall–Kier alpha value is -1.16. The zero-order valence-electron chi connectivity index (χ0n) is 11.0. The highest BCUT2D eigenvalue weighted by atomic mass is 31.1. The van der Waals surface area contributed by atoms with E-state index in [1.807, 2.05) is 30.3 Å². The Morgan fingerprint density at radius 2 is 2.05 bits per heavy atom. The van der Waals surface area contributed by atoms with Crippen LogP contribution in [0.1, 0.15) is 18.9 Å². The highest BCUT2D eigenvalue weighted by Gasteiger charge is 2.09. The van der Waals surface area contributed by atoms with Gasteiger partial charge >= 0.3 is 0 Å². The second-order valence-corrected chi connectivity index (χ2v) is 5.47. The number of hydrogen-bond acceptors (Lipinski definition) is 3. The van der Waals surface area contributed by atoms with E-state index in [0.29, 0.717) is 19.6 Å². The molecule has 0 aliphatic heterocycles. The molecule has 106 valence electrons. The van der Waals surface area contributed by atoms with Gasteiger partial charge in [-0.05, 0) is 18.4 Å². The second-order valence-electron chi connectivity index (χ2n) is 4.19. The lowest BCUT2D eigenvalue weighted by atomic mass is 10.2. The van der Waals surface area contributed by atoms with Crippen molar-refractivity contribution in [2.24, 2.45) is 0 Å². The minimum atomic E-state index is -2.46. The number of hydroxylamine groups is 2. The van der Waals surface area contributed by atoms with Gasteiger partial charge in [-0.15, -0.1) is 0 Å². The van der Waals surface area contributed by atoms with Crippen molar-refractivity contribution >= 4 is 13.9 Å². The topological polar surface area (TPSA) is 66.8 Å². The molecule has 1 N–H and O–H groups in total. The lowest BCUT2D eigenvalue weighted by molar-refractivity contribution is -0.183. The first-order valence-electron chi connectivity index (χ1n) is 6.26. The van der Waals surface area contributed by atoms with Crippen molar-refractivity contribution in [3.63, 3.8) is 0 Å². The maximum Gasteiger partial charge on any atom is 0.242 e. The molecule has 0 saturated carbocycles. The monoisotopic (exact) mass is 285 g/mol. The van der Waals surface area contributed by atoms with E-state index in [0.717, 1.165) is 12.0 Å². The number of carbonyl (C=O) groups is 1. The third-order valence-electron chi connectivity index (χ3n) is 2.58. The first-order chi connectivity index (χ1) is 9.09. The van der Waals surface area contributed by atoms with Gasteiger partial charge in [-0.3, -0.25) is 14.2 Å². The van der Waals surface area contributed by atoms with Crippen LogP contribution in [0.4, 0.5) is 0 Å². The smallest absolute Gasteiger partial charge is 0.242 e. The summed E-state index contributed by atoms with van der Waals surface area (Å²) < 4.78 is 10.6. The van der Waals surface area contributed by atoms with Crippen LogP contribution in [0, 0.1) is 0 Å². The van der Waals surface area contributed by atoms with E-state index in [1.165, 1.54) is 12.0 Å². The van der Waals surface area contributed by atoms with Gasteiger partial charge in [-0.1, -0.05) is 30.3 Å². The van der Waals surface area contributed by atoms with Gasteiger partial charge in [0.15, 0.2) is 8.03 Å². The second kappa shape index (κ2) is 8.86. The van der Waals surface area contributed by atoms with Crippen molar-refractivity contribution in [2.75, 3.05) is 19.3 Å². The Bertz CT molecular complexity index is 410. The quantitative estimate of drug-likeness (QED) is 0.585. The van der Waals surface area contributed by atoms with E-state index in [1.54, 1.807) is 0 Å². The summed E-state index contributed by atoms with van der Waals surface area (Å²) in [4.78, 5) is 25.5. The SMILES string of the molecule is CC(=O)N(CCC[PH](=O)O)OCCc1ccccc1. The highest BCUT2D eigenvalue weighted by molar-refractivity contribution is 7.37. The largest absolute Gasteiger partial charge is 0.346 e. The van der Waals surface area contributed by atoms with Gasteiger partial charge in [0.1, 0.15) is 0 Å². The van der Waals surface area contributed by atoms with Crippen molar-refractivity contribution in [3.05, 3.63) is 35.9 Å². The number of nitrogens with zero attached hydrogens (tertiary/aromatic N) is 1. The molecule has 5 nitrogen and oxygen atoms in total. The van der Waals surface area contributed by atoms with Crippen molar-refractivity contribution in [1.82, 2.24) is 5.06 Å². The Labute approximate surface area is 114 Å². The Morgan fingerprint density at radius 3 is 2.63 bits per heavy atom. The zero-order chi connectivity index (χ0) is 14.1.